The lowest BCUT2D eigenvalue weighted by Gasteiger charge is -2.05. The van der Waals surface area contributed by atoms with Gasteiger partial charge < -0.3 is 4.57 Å². The van der Waals surface area contributed by atoms with Crippen molar-refractivity contribution in [2.24, 2.45) is 0 Å². The van der Waals surface area contributed by atoms with Crippen LogP contribution in [-0.2, 0) is 22.1 Å². The minimum absolute atomic E-state index is 0.0711. The number of hydrogen-bond donors (Lipinski definition) is 0. The number of aryl methyl sites for hydroxylation is 1. The van der Waals surface area contributed by atoms with Crippen LogP contribution < -0.4 is 0 Å². The Labute approximate surface area is 78.5 Å². The molecular formula is C8H14N2O2S. The number of aromatic nitrogens is 2. The van der Waals surface area contributed by atoms with Gasteiger partial charge in [-0.2, -0.15) is 0 Å². The molecule has 0 aliphatic rings. The summed E-state index contributed by atoms with van der Waals surface area (Å²) in [5.74, 6) is 0.933. The molecule has 0 saturated carbocycles. The number of nitrogens with zero attached hydrogens (tertiary/aromatic N) is 2. The first-order chi connectivity index (χ1) is 5.94. The third kappa shape index (κ3) is 2.55. The SMILES string of the molecule is CCn1c(CS(C)(=O)=O)cnc1C. The predicted molar refractivity (Wildman–Crippen MR) is 51.2 cm³/mol. The third-order valence-corrected chi connectivity index (χ3v) is 2.68. The standard InChI is InChI=1S/C8H14N2O2S/c1-4-10-7(2)9-5-8(10)6-13(3,11)12/h5H,4,6H2,1-3H3. The largest absolute Gasteiger partial charge is 0.332 e. The molecule has 0 saturated heterocycles. The fourth-order valence-electron chi connectivity index (χ4n) is 1.33. The van der Waals surface area contributed by atoms with Crippen LogP contribution in [0.2, 0.25) is 0 Å². The van der Waals surface area contributed by atoms with Crippen LogP contribution in [0.3, 0.4) is 0 Å². The Balaban J connectivity index is 3.02. The van der Waals surface area contributed by atoms with E-state index in [0.29, 0.717) is 0 Å². The summed E-state index contributed by atoms with van der Waals surface area (Å²) >= 11 is 0. The van der Waals surface area contributed by atoms with Crippen molar-refractivity contribution in [3.8, 4) is 0 Å². The summed E-state index contributed by atoms with van der Waals surface area (Å²) < 4.78 is 24.0. The van der Waals surface area contributed by atoms with Crippen LogP contribution in [0.5, 0.6) is 0 Å². The van der Waals surface area contributed by atoms with Gasteiger partial charge in [-0.3, -0.25) is 0 Å². The van der Waals surface area contributed by atoms with Crippen molar-refractivity contribution < 1.29 is 8.42 Å². The molecular weight excluding hydrogens is 188 g/mol. The predicted octanol–water partition coefficient (Wildman–Crippen LogP) is 0.756. The van der Waals surface area contributed by atoms with Gasteiger partial charge in [-0.05, 0) is 13.8 Å². The van der Waals surface area contributed by atoms with Crippen molar-refractivity contribution in [2.45, 2.75) is 26.1 Å². The maximum absolute atomic E-state index is 11.0. The van der Waals surface area contributed by atoms with Gasteiger partial charge in [0.1, 0.15) is 5.82 Å². The quantitative estimate of drug-likeness (QED) is 0.727. The van der Waals surface area contributed by atoms with E-state index in [2.05, 4.69) is 4.98 Å². The van der Waals surface area contributed by atoms with E-state index in [1.807, 2.05) is 18.4 Å². The summed E-state index contributed by atoms with van der Waals surface area (Å²) in [6.07, 6.45) is 2.86. The van der Waals surface area contributed by atoms with Gasteiger partial charge in [0.05, 0.1) is 11.4 Å². The summed E-state index contributed by atoms with van der Waals surface area (Å²) in [6.45, 7) is 4.60. The van der Waals surface area contributed by atoms with Gasteiger partial charge in [0, 0.05) is 19.0 Å². The number of sulfone groups is 1. The van der Waals surface area contributed by atoms with Crippen molar-refractivity contribution in [1.82, 2.24) is 9.55 Å². The van der Waals surface area contributed by atoms with E-state index >= 15 is 0 Å². The fraction of sp³-hybridized carbons (Fsp3) is 0.625. The highest BCUT2D eigenvalue weighted by Gasteiger charge is 2.10. The van der Waals surface area contributed by atoms with Crippen LogP contribution in [0.25, 0.3) is 0 Å². The van der Waals surface area contributed by atoms with Gasteiger partial charge in [0.2, 0.25) is 0 Å². The zero-order chi connectivity index (χ0) is 10.1. The Hall–Kier alpha value is -0.840. The second kappa shape index (κ2) is 3.49. The molecule has 0 N–H and O–H groups in total. The first-order valence-corrected chi connectivity index (χ1v) is 6.19. The Morgan fingerprint density at radius 1 is 1.54 bits per heavy atom. The highest BCUT2D eigenvalue weighted by molar-refractivity contribution is 7.89. The summed E-state index contributed by atoms with van der Waals surface area (Å²) in [6, 6.07) is 0. The number of imidazole rings is 1. The average Bonchev–Trinajstić information content (AvgIpc) is 2.28. The van der Waals surface area contributed by atoms with Gasteiger partial charge >= 0.3 is 0 Å². The van der Waals surface area contributed by atoms with E-state index < -0.39 is 9.84 Å². The fourth-order valence-corrected chi connectivity index (χ4v) is 2.10. The molecule has 0 unspecified atom stereocenters. The van der Waals surface area contributed by atoms with Crippen LogP contribution in [0.1, 0.15) is 18.4 Å². The summed E-state index contributed by atoms with van der Waals surface area (Å²) in [5, 5.41) is 0. The summed E-state index contributed by atoms with van der Waals surface area (Å²) in [4.78, 5) is 4.07. The lowest BCUT2D eigenvalue weighted by atomic mass is 10.5. The smallest absolute Gasteiger partial charge is 0.153 e. The normalized spacial score (nSPS) is 11.9. The zero-order valence-electron chi connectivity index (χ0n) is 8.11. The van der Waals surface area contributed by atoms with Gasteiger partial charge in [-0.25, -0.2) is 13.4 Å². The number of hydrogen-bond acceptors (Lipinski definition) is 3. The minimum Gasteiger partial charge on any atom is -0.332 e. The lowest BCUT2D eigenvalue weighted by Crippen LogP contribution is -2.08. The second-order valence-corrected chi connectivity index (χ2v) is 5.25. The Bertz CT molecular complexity index is 392. The molecule has 0 aliphatic heterocycles. The first kappa shape index (κ1) is 10.2. The highest BCUT2D eigenvalue weighted by Crippen LogP contribution is 2.07. The van der Waals surface area contributed by atoms with E-state index in [1.165, 1.54) is 6.26 Å². The molecule has 0 spiro atoms. The van der Waals surface area contributed by atoms with Crippen molar-refractivity contribution in [2.75, 3.05) is 6.26 Å². The summed E-state index contributed by atoms with van der Waals surface area (Å²) in [5.41, 5.74) is 0.766. The van der Waals surface area contributed by atoms with Crippen molar-refractivity contribution in [1.29, 1.82) is 0 Å². The third-order valence-electron chi connectivity index (χ3n) is 1.86. The van der Waals surface area contributed by atoms with Crippen molar-refractivity contribution >= 4 is 9.84 Å². The van der Waals surface area contributed by atoms with E-state index in [4.69, 9.17) is 0 Å². The molecule has 1 heterocycles. The Morgan fingerprint density at radius 3 is 2.62 bits per heavy atom. The molecule has 0 aliphatic carbocycles. The minimum atomic E-state index is -2.96. The van der Waals surface area contributed by atoms with Crippen molar-refractivity contribution in [3.63, 3.8) is 0 Å². The monoisotopic (exact) mass is 202 g/mol. The van der Waals surface area contributed by atoms with E-state index in [9.17, 15) is 8.42 Å². The molecule has 13 heavy (non-hydrogen) atoms. The van der Waals surface area contributed by atoms with Crippen LogP contribution in [-0.4, -0.2) is 24.2 Å². The molecule has 74 valence electrons. The summed E-state index contributed by atoms with van der Waals surface area (Å²) in [7, 11) is -2.96. The van der Waals surface area contributed by atoms with E-state index in [1.54, 1.807) is 6.20 Å². The molecule has 1 rings (SSSR count). The molecule has 0 radical (unpaired) electrons. The van der Waals surface area contributed by atoms with Gasteiger partial charge in [-0.15, -0.1) is 0 Å². The average molecular weight is 202 g/mol. The molecule has 4 nitrogen and oxygen atoms in total. The maximum Gasteiger partial charge on any atom is 0.153 e. The highest BCUT2D eigenvalue weighted by atomic mass is 32.2. The Morgan fingerprint density at radius 2 is 2.15 bits per heavy atom. The van der Waals surface area contributed by atoms with Crippen LogP contribution in [0, 0.1) is 6.92 Å². The van der Waals surface area contributed by atoms with Crippen LogP contribution >= 0.6 is 0 Å². The molecule has 0 atom stereocenters. The number of rotatable bonds is 3. The Kier molecular flexibility index (Phi) is 2.75. The van der Waals surface area contributed by atoms with Crippen LogP contribution in [0.4, 0.5) is 0 Å². The molecule has 0 fully saturated rings. The topological polar surface area (TPSA) is 52.0 Å². The maximum atomic E-state index is 11.0. The van der Waals surface area contributed by atoms with Gasteiger partial charge in [0.15, 0.2) is 9.84 Å². The molecule has 0 amide bonds. The van der Waals surface area contributed by atoms with Crippen molar-refractivity contribution in [3.05, 3.63) is 17.7 Å². The van der Waals surface area contributed by atoms with E-state index in [0.717, 1.165) is 18.1 Å². The molecule has 0 aromatic carbocycles. The molecule has 1 aromatic rings. The lowest BCUT2D eigenvalue weighted by molar-refractivity contribution is 0.597. The van der Waals surface area contributed by atoms with Gasteiger partial charge in [0.25, 0.3) is 0 Å². The molecule has 5 heteroatoms. The van der Waals surface area contributed by atoms with Gasteiger partial charge in [-0.1, -0.05) is 0 Å². The molecule has 1 aromatic heterocycles. The zero-order valence-corrected chi connectivity index (χ0v) is 8.93. The van der Waals surface area contributed by atoms with E-state index in [-0.39, 0.29) is 5.75 Å². The second-order valence-electron chi connectivity index (χ2n) is 3.11. The van der Waals surface area contributed by atoms with Crippen LogP contribution in [0.15, 0.2) is 6.20 Å². The first-order valence-electron chi connectivity index (χ1n) is 4.12. The molecule has 0 bridgehead atoms.